The second-order valence-corrected chi connectivity index (χ2v) is 5.28. The number of rotatable bonds is 4. The van der Waals surface area contributed by atoms with Crippen LogP contribution in [0.1, 0.15) is 43.2 Å². The lowest BCUT2D eigenvalue weighted by atomic mass is 9.90. The van der Waals surface area contributed by atoms with E-state index in [9.17, 15) is 5.11 Å². The molecule has 1 aliphatic rings. The van der Waals surface area contributed by atoms with Gasteiger partial charge in [-0.2, -0.15) is 0 Å². The first-order valence-electron chi connectivity index (χ1n) is 6.80. The first-order valence-corrected chi connectivity index (χ1v) is 6.80. The van der Waals surface area contributed by atoms with Gasteiger partial charge >= 0.3 is 0 Å². The average molecular weight is 252 g/mol. The van der Waals surface area contributed by atoms with Gasteiger partial charge in [0, 0.05) is 12.6 Å². The van der Waals surface area contributed by atoms with Crippen molar-refractivity contribution in [3.05, 3.63) is 23.7 Å². The lowest BCUT2D eigenvalue weighted by Crippen LogP contribution is -2.46. The van der Waals surface area contributed by atoms with Crippen molar-refractivity contribution in [2.45, 2.75) is 50.8 Å². The maximum Gasteiger partial charge on any atom is 0.122 e. The molecule has 1 aromatic rings. The zero-order chi connectivity index (χ0) is 13.1. The summed E-state index contributed by atoms with van der Waals surface area (Å²) in [5, 5.41) is 10.1. The van der Waals surface area contributed by atoms with E-state index in [1.807, 2.05) is 26.1 Å². The highest BCUT2D eigenvalue weighted by Crippen LogP contribution is 2.29. The first kappa shape index (κ1) is 13.6. The molecule has 1 aromatic heterocycles. The Morgan fingerprint density at radius 2 is 2.17 bits per heavy atom. The van der Waals surface area contributed by atoms with E-state index in [4.69, 9.17) is 10.2 Å². The summed E-state index contributed by atoms with van der Waals surface area (Å²) in [5.74, 6) is 1.80. The SMILES string of the molecule is Cc1ccc(C(CN)N(C)C2CCCCC2O)o1. The van der Waals surface area contributed by atoms with E-state index >= 15 is 0 Å². The van der Waals surface area contributed by atoms with Crippen molar-refractivity contribution in [1.29, 1.82) is 0 Å². The molecule has 1 saturated carbocycles. The minimum absolute atomic E-state index is 0.0523. The van der Waals surface area contributed by atoms with Gasteiger partial charge in [0.25, 0.3) is 0 Å². The van der Waals surface area contributed by atoms with E-state index in [0.717, 1.165) is 30.8 Å². The van der Waals surface area contributed by atoms with Gasteiger partial charge in [-0.15, -0.1) is 0 Å². The Morgan fingerprint density at radius 1 is 1.44 bits per heavy atom. The predicted molar refractivity (Wildman–Crippen MR) is 71.3 cm³/mol. The van der Waals surface area contributed by atoms with Gasteiger partial charge in [-0.25, -0.2) is 0 Å². The maximum absolute atomic E-state index is 10.1. The van der Waals surface area contributed by atoms with Crippen molar-refractivity contribution in [2.75, 3.05) is 13.6 Å². The van der Waals surface area contributed by atoms with E-state index in [1.165, 1.54) is 6.42 Å². The molecule has 3 atom stereocenters. The summed E-state index contributed by atoms with van der Waals surface area (Å²) < 4.78 is 5.68. The lowest BCUT2D eigenvalue weighted by molar-refractivity contribution is 0.00960. The molecule has 0 aromatic carbocycles. The highest BCUT2D eigenvalue weighted by Gasteiger charge is 2.31. The summed E-state index contributed by atoms with van der Waals surface area (Å²) >= 11 is 0. The van der Waals surface area contributed by atoms with E-state index in [0.29, 0.717) is 6.54 Å². The quantitative estimate of drug-likeness (QED) is 0.858. The van der Waals surface area contributed by atoms with Gasteiger partial charge in [0.15, 0.2) is 0 Å². The molecule has 0 radical (unpaired) electrons. The van der Waals surface area contributed by atoms with Gasteiger partial charge in [-0.1, -0.05) is 12.8 Å². The molecule has 4 heteroatoms. The molecule has 0 bridgehead atoms. The number of aryl methyl sites for hydroxylation is 1. The van der Waals surface area contributed by atoms with Crippen LogP contribution in [0, 0.1) is 6.92 Å². The third-order valence-corrected chi connectivity index (χ3v) is 4.02. The molecule has 2 rings (SSSR count). The molecule has 18 heavy (non-hydrogen) atoms. The summed E-state index contributed by atoms with van der Waals surface area (Å²) in [6.45, 7) is 2.44. The Kier molecular flexibility index (Phi) is 4.43. The number of nitrogens with two attached hydrogens (primary N) is 1. The van der Waals surface area contributed by atoms with Crippen LogP contribution in [0.25, 0.3) is 0 Å². The van der Waals surface area contributed by atoms with E-state index in [-0.39, 0.29) is 18.2 Å². The normalized spacial score (nSPS) is 26.5. The van der Waals surface area contributed by atoms with Gasteiger partial charge in [-0.3, -0.25) is 4.90 Å². The van der Waals surface area contributed by atoms with Gasteiger partial charge in [0.1, 0.15) is 11.5 Å². The topological polar surface area (TPSA) is 62.6 Å². The zero-order valence-electron chi connectivity index (χ0n) is 11.3. The second-order valence-electron chi connectivity index (χ2n) is 5.28. The highest BCUT2D eigenvalue weighted by molar-refractivity contribution is 5.11. The summed E-state index contributed by atoms with van der Waals surface area (Å²) in [6, 6.07) is 4.19. The summed E-state index contributed by atoms with van der Waals surface area (Å²) in [4.78, 5) is 2.18. The second kappa shape index (κ2) is 5.87. The molecule has 1 fully saturated rings. The fourth-order valence-corrected chi connectivity index (χ4v) is 2.91. The molecular formula is C14H24N2O2. The first-order chi connectivity index (χ1) is 8.63. The Hall–Kier alpha value is -0.840. The number of hydrogen-bond acceptors (Lipinski definition) is 4. The van der Waals surface area contributed by atoms with E-state index < -0.39 is 0 Å². The van der Waals surface area contributed by atoms with Crippen LogP contribution < -0.4 is 5.73 Å². The van der Waals surface area contributed by atoms with E-state index in [2.05, 4.69) is 4.90 Å². The molecule has 102 valence electrons. The van der Waals surface area contributed by atoms with Crippen LogP contribution in [-0.4, -0.2) is 35.7 Å². The van der Waals surface area contributed by atoms with Crippen LogP contribution in [0.15, 0.2) is 16.5 Å². The molecule has 1 heterocycles. The summed E-state index contributed by atoms with van der Waals surface area (Å²) in [5.41, 5.74) is 5.88. The number of likely N-dealkylation sites (N-methyl/N-ethyl adjacent to an activating group) is 1. The minimum atomic E-state index is -0.242. The largest absolute Gasteiger partial charge is 0.465 e. The van der Waals surface area contributed by atoms with Gasteiger partial charge in [-0.05, 0) is 38.9 Å². The number of aliphatic hydroxyl groups excluding tert-OH is 1. The third kappa shape index (κ3) is 2.76. The molecule has 0 spiro atoms. The van der Waals surface area contributed by atoms with Crippen LogP contribution >= 0.6 is 0 Å². The Balaban J connectivity index is 2.11. The maximum atomic E-state index is 10.1. The molecule has 3 N–H and O–H groups in total. The molecule has 4 nitrogen and oxygen atoms in total. The van der Waals surface area contributed by atoms with Gasteiger partial charge in [0.2, 0.25) is 0 Å². The monoisotopic (exact) mass is 252 g/mol. The van der Waals surface area contributed by atoms with Crippen LogP contribution in [-0.2, 0) is 0 Å². The number of nitrogens with zero attached hydrogens (tertiary/aromatic N) is 1. The van der Waals surface area contributed by atoms with Crippen molar-refractivity contribution in [1.82, 2.24) is 4.90 Å². The standard InChI is InChI=1S/C14H24N2O2/c1-10-7-8-14(18-10)12(9-15)16(2)11-5-3-4-6-13(11)17/h7-8,11-13,17H,3-6,9,15H2,1-2H3. The van der Waals surface area contributed by atoms with Crippen molar-refractivity contribution in [3.63, 3.8) is 0 Å². The molecule has 1 aliphatic carbocycles. The van der Waals surface area contributed by atoms with Crippen molar-refractivity contribution in [2.24, 2.45) is 5.73 Å². The van der Waals surface area contributed by atoms with Crippen molar-refractivity contribution in [3.8, 4) is 0 Å². The number of aliphatic hydroxyl groups is 1. The van der Waals surface area contributed by atoms with E-state index in [1.54, 1.807) is 0 Å². The number of furan rings is 1. The van der Waals surface area contributed by atoms with Crippen LogP contribution in [0.2, 0.25) is 0 Å². The Labute approximate surface area is 109 Å². The third-order valence-electron chi connectivity index (χ3n) is 4.02. The number of hydrogen-bond donors (Lipinski definition) is 2. The van der Waals surface area contributed by atoms with Crippen molar-refractivity contribution >= 4 is 0 Å². The summed E-state index contributed by atoms with van der Waals surface area (Å²) in [6.07, 6.45) is 3.99. The van der Waals surface area contributed by atoms with Gasteiger partial charge in [0.05, 0.1) is 12.1 Å². The average Bonchev–Trinajstić information content (AvgIpc) is 2.77. The van der Waals surface area contributed by atoms with Crippen molar-refractivity contribution < 1.29 is 9.52 Å². The summed E-state index contributed by atoms with van der Waals surface area (Å²) in [7, 11) is 2.04. The predicted octanol–water partition coefficient (Wildman–Crippen LogP) is 1.82. The van der Waals surface area contributed by atoms with Gasteiger partial charge < -0.3 is 15.3 Å². The fraction of sp³-hybridized carbons (Fsp3) is 0.714. The molecule has 0 aliphatic heterocycles. The smallest absolute Gasteiger partial charge is 0.122 e. The van der Waals surface area contributed by atoms with Crippen LogP contribution in [0.5, 0.6) is 0 Å². The minimum Gasteiger partial charge on any atom is -0.465 e. The Bertz CT molecular complexity index is 378. The highest BCUT2D eigenvalue weighted by atomic mass is 16.3. The fourth-order valence-electron chi connectivity index (χ4n) is 2.91. The molecule has 0 saturated heterocycles. The van der Waals surface area contributed by atoms with Crippen LogP contribution in [0.4, 0.5) is 0 Å². The lowest BCUT2D eigenvalue weighted by Gasteiger charge is -2.38. The Morgan fingerprint density at radius 3 is 2.72 bits per heavy atom. The zero-order valence-corrected chi connectivity index (χ0v) is 11.3. The van der Waals surface area contributed by atoms with Crippen LogP contribution in [0.3, 0.4) is 0 Å². The molecule has 3 unspecified atom stereocenters. The molecule has 0 amide bonds. The molecular weight excluding hydrogens is 228 g/mol.